The highest BCUT2D eigenvalue weighted by molar-refractivity contribution is 7.89. The quantitative estimate of drug-likeness (QED) is 0.789. The van der Waals surface area contributed by atoms with Gasteiger partial charge in [0.15, 0.2) is 0 Å². The van der Waals surface area contributed by atoms with Gasteiger partial charge in [0.25, 0.3) is 0 Å². The molecule has 0 bridgehead atoms. The third-order valence-electron chi connectivity index (χ3n) is 4.10. The van der Waals surface area contributed by atoms with Crippen molar-refractivity contribution in [3.05, 3.63) is 0 Å². The maximum Gasteiger partial charge on any atom is 0.239 e. The average Bonchev–Trinajstić information content (AvgIpc) is 2.44. The normalized spacial score (nSPS) is 19.6. The molecule has 1 saturated heterocycles. The van der Waals surface area contributed by atoms with Crippen LogP contribution in [0.5, 0.6) is 0 Å². The van der Waals surface area contributed by atoms with Crippen molar-refractivity contribution in [1.82, 2.24) is 9.21 Å². The minimum Gasteiger partial charge on any atom is -0.341 e. The molecular formula is C13H27N3O3S. The van der Waals surface area contributed by atoms with Crippen LogP contribution < -0.4 is 5.73 Å². The van der Waals surface area contributed by atoms with Crippen molar-refractivity contribution in [2.45, 2.75) is 45.7 Å². The van der Waals surface area contributed by atoms with Crippen LogP contribution in [0.1, 0.15) is 33.6 Å². The molecule has 1 heterocycles. The van der Waals surface area contributed by atoms with Crippen molar-refractivity contribution >= 4 is 15.9 Å². The Labute approximate surface area is 122 Å². The average molecular weight is 305 g/mol. The third-order valence-corrected chi connectivity index (χ3v) is 6.00. The zero-order valence-electron chi connectivity index (χ0n) is 12.9. The van der Waals surface area contributed by atoms with E-state index >= 15 is 0 Å². The number of likely N-dealkylation sites (tertiary alicyclic amines) is 1. The van der Waals surface area contributed by atoms with Crippen molar-refractivity contribution in [3.8, 4) is 0 Å². The number of hydrogen-bond acceptors (Lipinski definition) is 4. The van der Waals surface area contributed by atoms with Crippen LogP contribution in [-0.2, 0) is 14.8 Å². The summed E-state index contributed by atoms with van der Waals surface area (Å²) in [4.78, 5) is 13.9. The lowest BCUT2D eigenvalue weighted by Crippen LogP contribution is -2.52. The van der Waals surface area contributed by atoms with Crippen molar-refractivity contribution in [2.24, 2.45) is 11.7 Å². The van der Waals surface area contributed by atoms with Gasteiger partial charge in [0, 0.05) is 26.2 Å². The van der Waals surface area contributed by atoms with Crippen molar-refractivity contribution in [3.63, 3.8) is 0 Å². The zero-order valence-corrected chi connectivity index (χ0v) is 13.7. The summed E-state index contributed by atoms with van der Waals surface area (Å²) in [5.74, 6) is 0.198. The van der Waals surface area contributed by atoms with Gasteiger partial charge in [0.2, 0.25) is 15.9 Å². The van der Waals surface area contributed by atoms with Crippen LogP contribution in [0.25, 0.3) is 0 Å². The fourth-order valence-corrected chi connectivity index (χ4v) is 3.45. The van der Waals surface area contributed by atoms with Crippen LogP contribution in [0, 0.1) is 5.92 Å². The van der Waals surface area contributed by atoms with Crippen molar-refractivity contribution in [1.29, 1.82) is 0 Å². The lowest BCUT2D eigenvalue weighted by atomic mass is 10.0. The molecule has 0 aromatic heterocycles. The predicted octanol–water partition coefficient (Wildman–Crippen LogP) is 0.242. The fourth-order valence-electron chi connectivity index (χ4n) is 2.38. The molecule has 1 aliphatic rings. The Morgan fingerprint density at radius 3 is 2.25 bits per heavy atom. The molecule has 0 radical (unpaired) electrons. The lowest BCUT2D eigenvalue weighted by Gasteiger charge is -2.37. The summed E-state index contributed by atoms with van der Waals surface area (Å²) in [7, 11) is -1.53. The summed E-state index contributed by atoms with van der Waals surface area (Å²) in [6, 6.07) is -0.483. The number of carbonyl (C=O) groups excluding carboxylic acids is 1. The Balaban J connectivity index is 2.58. The molecule has 0 aliphatic carbocycles. The van der Waals surface area contributed by atoms with Gasteiger partial charge in [-0.05, 0) is 25.7 Å². The van der Waals surface area contributed by atoms with E-state index in [0.29, 0.717) is 25.9 Å². The van der Waals surface area contributed by atoms with E-state index < -0.39 is 16.1 Å². The second kappa shape index (κ2) is 6.87. The Morgan fingerprint density at radius 1 is 1.35 bits per heavy atom. The number of hydrogen-bond donors (Lipinski definition) is 1. The van der Waals surface area contributed by atoms with Crippen LogP contribution in [0.2, 0.25) is 0 Å². The monoisotopic (exact) mass is 305 g/mol. The first-order chi connectivity index (χ1) is 9.20. The number of amides is 1. The molecule has 0 aromatic rings. The Hall–Kier alpha value is -0.660. The van der Waals surface area contributed by atoms with Gasteiger partial charge in [-0.15, -0.1) is 0 Å². The van der Waals surface area contributed by atoms with Gasteiger partial charge in [-0.1, -0.05) is 13.8 Å². The zero-order chi connectivity index (χ0) is 15.5. The van der Waals surface area contributed by atoms with Crippen LogP contribution >= 0.6 is 0 Å². The van der Waals surface area contributed by atoms with E-state index in [1.807, 2.05) is 13.8 Å². The summed E-state index contributed by atoms with van der Waals surface area (Å²) in [6.07, 6.45) is 1.35. The SMILES string of the molecule is CCS(=O)(=O)N(C)C1CCN(C(=O)[C@@H](N)C(C)C)CC1. The first-order valence-electron chi connectivity index (χ1n) is 7.20. The molecule has 1 rings (SSSR count). The van der Waals surface area contributed by atoms with Crippen molar-refractivity contribution in [2.75, 3.05) is 25.9 Å². The van der Waals surface area contributed by atoms with Crippen LogP contribution in [0.4, 0.5) is 0 Å². The number of carbonyl (C=O) groups is 1. The summed E-state index contributed by atoms with van der Waals surface area (Å²) < 4.78 is 25.1. The first kappa shape index (κ1) is 17.4. The number of nitrogens with zero attached hydrogens (tertiary/aromatic N) is 2. The highest BCUT2D eigenvalue weighted by Crippen LogP contribution is 2.19. The highest BCUT2D eigenvalue weighted by atomic mass is 32.2. The first-order valence-corrected chi connectivity index (χ1v) is 8.81. The Morgan fingerprint density at radius 2 is 1.85 bits per heavy atom. The summed E-state index contributed by atoms with van der Waals surface area (Å²) in [5.41, 5.74) is 5.88. The fraction of sp³-hybridized carbons (Fsp3) is 0.923. The predicted molar refractivity (Wildman–Crippen MR) is 79.6 cm³/mol. The second-order valence-corrected chi connectivity index (χ2v) is 8.06. The molecule has 0 aromatic carbocycles. The van der Waals surface area contributed by atoms with Crippen LogP contribution in [-0.4, -0.2) is 61.5 Å². The maximum atomic E-state index is 12.1. The van der Waals surface area contributed by atoms with Gasteiger partial charge in [-0.2, -0.15) is 0 Å². The van der Waals surface area contributed by atoms with Crippen molar-refractivity contribution < 1.29 is 13.2 Å². The van der Waals surface area contributed by atoms with E-state index in [2.05, 4.69) is 0 Å². The van der Waals surface area contributed by atoms with E-state index in [1.165, 1.54) is 4.31 Å². The lowest BCUT2D eigenvalue weighted by molar-refractivity contribution is -0.134. The van der Waals surface area contributed by atoms with Gasteiger partial charge in [-0.3, -0.25) is 4.79 Å². The Bertz CT molecular complexity index is 428. The molecule has 0 saturated carbocycles. The minimum atomic E-state index is -3.16. The minimum absolute atomic E-state index is 0.0146. The molecule has 1 fully saturated rings. The van der Waals surface area contributed by atoms with Gasteiger partial charge >= 0.3 is 0 Å². The molecule has 0 spiro atoms. The van der Waals surface area contributed by atoms with Gasteiger partial charge in [0.1, 0.15) is 0 Å². The molecular weight excluding hydrogens is 278 g/mol. The van der Waals surface area contributed by atoms with Gasteiger partial charge < -0.3 is 10.6 Å². The standard InChI is InChI=1S/C13H27N3O3S/c1-5-20(18,19)15(4)11-6-8-16(9-7-11)13(17)12(14)10(2)3/h10-12H,5-9,14H2,1-4H3/t12-/m0/s1. The van der Waals surface area contributed by atoms with E-state index in [4.69, 9.17) is 5.73 Å². The number of sulfonamides is 1. The van der Waals surface area contributed by atoms with Gasteiger partial charge in [0.05, 0.1) is 11.8 Å². The second-order valence-electron chi connectivity index (χ2n) is 5.74. The molecule has 118 valence electrons. The largest absolute Gasteiger partial charge is 0.341 e. The molecule has 1 aliphatic heterocycles. The number of nitrogens with two attached hydrogens (primary N) is 1. The molecule has 0 unspecified atom stereocenters. The molecule has 1 amide bonds. The Kier molecular flexibility index (Phi) is 5.97. The van der Waals surface area contributed by atoms with Crippen LogP contribution in [0.15, 0.2) is 0 Å². The topological polar surface area (TPSA) is 83.7 Å². The van der Waals surface area contributed by atoms with E-state index in [1.54, 1.807) is 18.9 Å². The van der Waals surface area contributed by atoms with E-state index in [0.717, 1.165) is 0 Å². The molecule has 1 atom stereocenters. The molecule has 6 nitrogen and oxygen atoms in total. The van der Waals surface area contributed by atoms with E-state index in [-0.39, 0.29) is 23.6 Å². The van der Waals surface area contributed by atoms with Crippen LogP contribution in [0.3, 0.4) is 0 Å². The maximum absolute atomic E-state index is 12.1. The summed E-state index contributed by atoms with van der Waals surface area (Å²) >= 11 is 0. The molecule has 2 N–H and O–H groups in total. The smallest absolute Gasteiger partial charge is 0.239 e. The number of rotatable bonds is 5. The third kappa shape index (κ3) is 3.93. The highest BCUT2D eigenvalue weighted by Gasteiger charge is 2.32. The van der Waals surface area contributed by atoms with Gasteiger partial charge in [-0.25, -0.2) is 12.7 Å². The number of piperidine rings is 1. The van der Waals surface area contributed by atoms with E-state index in [9.17, 15) is 13.2 Å². The summed E-state index contributed by atoms with van der Waals surface area (Å²) in [6.45, 7) is 6.65. The summed E-state index contributed by atoms with van der Waals surface area (Å²) in [5, 5.41) is 0. The molecule has 7 heteroatoms. The molecule has 20 heavy (non-hydrogen) atoms.